The Balaban J connectivity index is 1.93. The summed E-state index contributed by atoms with van der Waals surface area (Å²) in [6, 6.07) is 18.8. The standard InChI is InChI=1S/C18H16N2O2/c1-21-17-3-2-4-18(11-17)22-10-9-16(13-20)15-7-5-14(12-19)6-8-15/h2-8,11,16H,9-10H2,1H3. The molecule has 0 fully saturated rings. The van der Waals surface area contributed by atoms with Gasteiger partial charge < -0.3 is 9.47 Å². The van der Waals surface area contributed by atoms with Crippen molar-refractivity contribution in [1.82, 2.24) is 0 Å². The third kappa shape index (κ3) is 4.01. The summed E-state index contributed by atoms with van der Waals surface area (Å²) in [7, 11) is 1.61. The van der Waals surface area contributed by atoms with E-state index < -0.39 is 0 Å². The van der Waals surface area contributed by atoms with Gasteiger partial charge in [0.05, 0.1) is 37.3 Å². The van der Waals surface area contributed by atoms with Crippen molar-refractivity contribution in [3.63, 3.8) is 0 Å². The van der Waals surface area contributed by atoms with Gasteiger partial charge in [-0.05, 0) is 29.8 Å². The van der Waals surface area contributed by atoms with Crippen molar-refractivity contribution in [2.45, 2.75) is 12.3 Å². The minimum atomic E-state index is -0.252. The number of nitriles is 2. The molecule has 1 unspecified atom stereocenters. The summed E-state index contributed by atoms with van der Waals surface area (Å²) >= 11 is 0. The molecule has 0 N–H and O–H groups in total. The van der Waals surface area contributed by atoms with Crippen molar-refractivity contribution in [3.05, 3.63) is 59.7 Å². The SMILES string of the molecule is COc1cccc(OCCC(C#N)c2ccc(C#N)cc2)c1. The van der Waals surface area contributed by atoms with Crippen molar-refractivity contribution in [2.24, 2.45) is 0 Å². The lowest BCUT2D eigenvalue weighted by Crippen LogP contribution is -2.04. The van der Waals surface area contributed by atoms with Gasteiger partial charge >= 0.3 is 0 Å². The summed E-state index contributed by atoms with van der Waals surface area (Å²) in [5.41, 5.74) is 1.49. The molecule has 0 aromatic heterocycles. The van der Waals surface area contributed by atoms with Gasteiger partial charge in [0.25, 0.3) is 0 Å². The average molecular weight is 292 g/mol. The van der Waals surface area contributed by atoms with Crippen LogP contribution in [0.5, 0.6) is 11.5 Å². The molecule has 0 bridgehead atoms. The third-order valence-electron chi connectivity index (χ3n) is 3.31. The first-order valence-corrected chi connectivity index (χ1v) is 6.93. The van der Waals surface area contributed by atoms with Gasteiger partial charge in [0.2, 0.25) is 0 Å². The smallest absolute Gasteiger partial charge is 0.122 e. The molecule has 110 valence electrons. The first-order chi connectivity index (χ1) is 10.8. The van der Waals surface area contributed by atoms with Crippen molar-refractivity contribution < 1.29 is 9.47 Å². The lowest BCUT2D eigenvalue weighted by atomic mass is 9.97. The highest BCUT2D eigenvalue weighted by atomic mass is 16.5. The van der Waals surface area contributed by atoms with Gasteiger partial charge in [-0.3, -0.25) is 0 Å². The highest BCUT2D eigenvalue weighted by Gasteiger charge is 2.11. The highest BCUT2D eigenvalue weighted by molar-refractivity contribution is 5.35. The molecule has 0 heterocycles. The molecule has 0 amide bonds. The van der Waals surface area contributed by atoms with Crippen LogP contribution in [-0.2, 0) is 0 Å². The Bertz CT molecular complexity index is 696. The van der Waals surface area contributed by atoms with E-state index in [1.54, 1.807) is 19.2 Å². The molecule has 0 aliphatic carbocycles. The Hall–Kier alpha value is -2.98. The zero-order valence-electron chi connectivity index (χ0n) is 12.3. The Morgan fingerprint density at radius 2 is 1.77 bits per heavy atom. The number of hydrogen-bond acceptors (Lipinski definition) is 4. The predicted octanol–water partition coefficient (Wildman–Crippen LogP) is 3.64. The molecule has 4 nitrogen and oxygen atoms in total. The molecule has 0 aliphatic heterocycles. The number of methoxy groups -OCH3 is 1. The quantitative estimate of drug-likeness (QED) is 0.815. The molecule has 2 aromatic rings. The van der Waals surface area contributed by atoms with Gasteiger partial charge in [0.15, 0.2) is 0 Å². The van der Waals surface area contributed by atoms with Crippen LogP contribution in [0.3, 0.4) is 0 Å². The van der Waals surface area contributed by atoms with Crippen LogP contribution in [0, 0.1) is 22.7 Å². The number of rotatable bonds is 6. The Kier molecular flexibility index (Phi) is 5.40. The Labute approximate surface area is 130 Å². The van der Waals surface area contributed by atoms with E-state index in [4.69, 9.17) is 14.7 Å². The fraction of sp³-hybridized carbons (Fsp3) is 0.222. The summed E-state index contributed by atoms with van der Waals surface area (Å²) < 4.78 is 10.8. The van der Waals surface area contributed by atoms with Gasteiger partial charge in [0.1, 0.15) is 11.5 Å². The minimum absolute atomic E-state index is 0.252. The van der Waals surface area contributed by atoms with Gasteiger partial charge in [-0.25, -0.2) is 0 Å². The largest absolute Gasteiger partial charge is 0.497 e. The zero-order valence-corrected chi connectivity index (χ0v) is 12.3. The fourth-order valence-corrected chi connectivity index (χ4v) is 2.08. The van der Waals surface area contributed by atoms with Gasteiger partial charge in [-0.2, -0.15) is 10.5 Å². The average Bonchev–Trinajstić information content (AvgIpc) is 2.59. The molecule has 0 saturated heterocycles. The van der Waals surface area contributed by atoms with E-state index in [1.165, 1.54) is 0 Å². The predicted molar refractivity (Wildman–Crippen MR) is 82.6 cm³/mol. The normalized spacial score (nSPS) is 11.0. The van der Waals surface area contributed by atoms with E-state index in [0.717, 1.165) is 17.1 Å². The van der Waals surface area contributed by atoms with Gasteiger partial charge in [-0.15, -0.1) is 0 Å². The molecular formula is C18H16N2O2. The first-order valence-electron chi connectivity index (χ1n) is 6.93. The fourth-order valence-electron chi connectivity index (χ4n) is 2.08. The van der Waals surface area contributed by atoms with E-state index in [1.807, 2.05) is 36.4 Å². The molecule has 2 rings (SSSR count). The van der Waals surface area contributed by atoms with E-state index in [-0.39, 0.29) is 5.92 Å². The minimum Gasteiger partial charge on any atom is -0.497 e. The van der Waals surface area contributed by atoms with Crippen molar-refractivity contribution in [2.75, 3.05) is 13.7 Å². The number of hydrogen-bond donors (Lipinski definition) is 0. The second-order valence-electron chi connectivity index (χ2n) is 4.73. The maximum absolute atomic E-state index is 9.29. The second-order valence-corrected chi connectivity index (χ2v) is 4.73. The van der Waals surface area contributed by atoms with Crippen LogP contribution in [0.15, 0.2) is 48.5 Å². The summed E-state index contributed by atoms with van der Waals surface area (Å²) in [5, 5.41) is 18.1. The molecular weight excluding hydrogens is 276 g/mol. The van der Waals surface area contributed by atoms with Crippen molar-refractivity contribution in [1.29, 1.82) is 10.5 Å². The Morgan fingerprint density at radius 3 is 2.41 bits per heavy atom. The van der Waals surface area contributed by atoms with Gasteiger partial charge in [0, 0.05) is 12.5 Å². The van der Waals surface area contributed by atoms with E-state index in [2.05, 4.69) is 12.1 Å². The Morgan fingerprint density at radius 1 is 1.05 bits per heavy atom. The molecule has 4 heteroatoms. The summed E-state index contributed by atoms with van der Waals surface area (Å²) in [6.45, 7) is 0.436. The van der Waals surface area contributed by atoms with Crippen molar-refractivity contribution in [3.8, 4) is 23.6 Å². The topological polar surface area (TPSA) is 66.0 Å². The lowest BCUT2D eigenvalue weighted by molar-refractivity contribution is 0.303. The highest BCUT2D eigenvalue weighted by Crippen LogP contribution is 2.22. The van der Waals surface area contributed by atoms with Crippen LogP contribution in [0.25, 0.3) is 0 Å². The van der Waals surface area contributed by atoms with Gasteiger partial charge in [-0.1, -0.05) is 18.2 Å². The van der Waals surface area contributed by atoms with E-state index >= 15 is 0 Å². The third-order valence-corrected chi connectivity index (χ3v) is 3.31. The monoisotopic (exact) mass is 292 g/mol. The zero-order chi connectivity index (χ0) is 15.8. The second kappa shape index (κ2) is 7.71. The van der Waals surface area contributed by atoms with Crippen LogP contribution in [-0.4, -0.2) is 13.7 Å². The molecule has 0 saturated carbocycles. The van der Waals surface area contributed by atoms with E-state index in [9.17, 15) is 5.26 Å². The molecule has 0 aliphatic rings. The molecule has 0 radical (unpaired) electrons. The van der Waals surface area contributed by atoms with Crippen LogP contribution < -0.4 is 9.47 Å². The maximum atomic E-state index is 9.29. The lowest BCUT2D eigenvalue weighted by Gasteiger charge is -2.11. The molecule has 1 atom stereocenters. The summed E-state index contributed by atoms with van der Waals surface area (Å²) in [6.07, 6.45) is 0.583. The first kappa shape index (κ1) is 15.4. The molecule has 22 heavy (non-hydrogen) atoms. The van der Waals surface area contributed by atoms with Crippen LogP contribution >= 0.6 is 0 Å². The number of nitrogens with zero attached hydrogens (tertiary/aromatic N) is 2. The number of ether oxygens (including phenoxy) is 2. The van der Waals surface area contributed by atoms with Crippen LogP contribution in [0.1, 0.15) is 23.5 Å². The van der Waals surface area contributed by atoms with Crippen LogP contribution in [0.4, 0.5) is 0 Å². The van der Waals surface area contributed by atoms with Crippen LogP contribution in [0.2, 0.25) is 0 Å². The molecule has 2 aromatic carbocycles. The summed E-state index contributed by atoms with van der Waals surface area (Å²) in [4.78, 5) is 0. The maximum Gasteiger partial charge on any atom is 0.122 e. The number of benzene rings is 2. The molecule has 0 spiro atoms. The van der Waals surface area contributed by atoms with Crippen molar-refractivity contribution >= 4 is 0 Å². The van der Waals surface area contributed by atoms with E-state index in [0.29, 0.717) is 18.6 Å². The summed E-state index contributed by atoms with van der Waals surface area (Å²) in [5.74, 6) is 1.20.